The van der Waals surface area contributed by atoms with Gasteiger partial charge in [-0.3, -0.25) is 9.35 Å². The molecular formula is C39H67NO5S. The monoisotopic (exact) mass is 661 g/mol. The highest BCUT2D eigenvalue weighted by molar-refractivity contribution is 7.85. The summed E-state index contributed by atoms with van der Waals surface area (Å²) in [6.45, 7) is 4.31. The van der Waals surface area contributed by atoms with Gasteiger partial charge in [-0.2, -0.15) is 8.42 Å². The third kappa shape index (κ3) is 33.2. The molecule has 0 aliphatic heterocycles. The third-order valence-electron chi connectivity index (χ3n) is 7.62. The van der Waals surface area contributed by atoms with Crippen molar-refractivity contribution in [2.24, 2.45) is 0 Å². The van der Waals surface area contributed by atoms with E-state index < -0.39 is 28.0 Å². The second-order valence-corrected chi connectivity index (χ2v) is 13.6. The van der Waals surface area contributed by atoms with Gasteiger partial charge in [-0.15, -0.1) is 0 Å². The molecule has 7 heteroatoms. The molecule has 1 amide bonds. The average Bonchev–Trinajstić information content (AvgIpc) is 3.01. The molecule has 0 rings (SSSR count). The quantitative estimate of drug-likeness (QED) is 0.0390. The molecule has 0 aromatic rings. The predicted octanol–water partition coefficient (Wildman–Crippen LogP) is 10.3. The van der Waals surface area contributed by atoms with Crippen molar-refractivity contribution < 1.29 is 22.9 Å². The van der Waals surface area contributed by atoms with E-state index in [1.807, 2.05) is 0 Å². The zero-order chi connectivity index (χ0) is 34.0. The first kappa shape index (κ1) is 43.8. The lowest BCUT2D eigenvalue weighted by Gasteiger charge is -2.21. The lowest BCUT2D eigenvalue weighted by molar-refractivity contribution is -0.122. The van der Waals surface area contributed by atoms with Crippen LogP contribution >= 0.6 is 0 Å². The minimum Gasteiger partial charge on any atom is -0.387 e. The van der Waals surface area contributed by atoms with Gasteiger partial charge >= 0.3 is 0 Å². The molecule has 0 aliphatic carbocycles. The van der Waals surface area contributed by atoms with Crippen molar-refractivity contribution in [2.45, 2.75) is 161 Å². The van der Waals surface area contributed by atoms with Crippen molar-refractivity contribution in [2.75, 3.05) is 5.75 Å². The predicted molar refractivity (Wildman–Crippen MR) is 197 cm³/mol. The van der Waals surface area contributed by atoms with Crippen molar-refractivity contribution in [3.05, 3.63) is 72.9 Å². The van der Waals surface area contributed by atoms with Crippen LogP contribution in [0.4, 0.5) is 0 Å². The third-order valence-corrected chi connectivity index (χ3v) is 8.40. The molecule has 0 saturated carbocycles. The van der Waals surface area contributed by atoms with Gasteiger partial charge in [0.15, 0.2) is 0 Å². The summed E-state index contributed by atoms with van der Waals surface area (Å²) >= 11 is 0. The molecule has 46 heavy (non-hydrogen) atoms. The molecule has 0 heterocycles. The van der Waals surface area contributed by atoms with Crippen LogP contribution in [0.25, 0.3) is 0 Å². The molecule has 3 N–H and O–H groups in total. The van der Waals surface area contributed by atoms with Crippen molar-refractivity contribution in [1.29, 1.82) is 0 Å². The standard InChI is InChI=1S/C39H67NO5S/c1-3-5-7-9-11-13-14-15-16-17-18-19-20-21-22-23-24-25-26-27-29-31-33-35-39(42)40-37(36-46(43,44)45)38(41)34-32-30-28-12-10-8-6-4-2/h5,7,10-13,15-16,18-19,32,34,37-38,41H,3-4,6,8-9,14,17,20-31,33,35-36H2,1-2H3,(H,40,42)(H,43,44,45)/b7-5-,12-10+,13-11-,16-15-,19-18-,34-32+. The summed E-state index contributed by atoms with van der Waals surface area (Å²) in [5.74, 6) is -1.02. The number of aliphatic hydroxyl groups excluding tert-OH is 1. The van der Waals surface area contributed by atoms with Crippen LogP contribution in [0.15, 0.2) is 72.9 Å². The number of carbonyl (C=O) groups is 1. The van der Waals surface area contributed by atoms with E-state index >= 15 is 0 Å². The van der Waals surface area contributed by atoms with Crippen molar-refractivity contribution in [3.63, 3.8) is 0 Å². The molecule has 2 atom stereocenters. The highest BCUT2D eigenvalue weighted by Gasteiger charge is 2.24. The first-order valence-electron chi connectivity index (χ1n) is 18.1. The zero-order valence-corrected chi connectivity index (χ0v) is 30.0. The van der Waals surface area contributed by atoms with Crippen LogP contribution in [0.5, 0.6) is 0 Å². The van der Waals surface area contributed by atoms with E-state index in [1.54, 1.807) is 6.08 Å². The number of nitrogens with one attached hydrogen (secondary N) is 1. The number of unbranched alkanes of at least 4 members (excludes halogenated alkanes) is 13. The molecule has 6 nitrogen and oxygen atoms in total. The molecule has 0 fully saturated rings. The highest BCUT2D eigenvalue weighted by atomic mass is 32.2. The fourth-order valence-corrected chi connectivity index (χ4v) is 5.65. The molecular weight excluding hydrogens is 594 g/mol. The summed E-state index contributed by atoms with van der Waals surface area (Å²) in [5, 5.41) is 13.1. The topological polar surface area (TPSA) is 104 Å². The van der Waals surface area contributed by atoms with Crippen LogP contribution in [-0.4, -0.2) is 41.9 Å². The van der Waals surface area contributed by atoms with Crippen LogP contribution in [0.3, 0.4) is 0 Å². The Kier molecular flexibility index (Phi) is 31.1. The van der Waals surface area contributed by atoms with Gasteiger partial charge in [-0.05, 0) is 64.2 Å². The molecule has 0 bridgehead atoms. The number of amides is 1. The van der Waals surface area contributed by atoms with Crippen LogP contribution in [-0.2, 0) is 14.9 Å². The summed E-state index contributed by atoms with van der Waals surface area (Å²) in [7, 11) is -4.35. The van der Waals surface area contributed by atoms with E-state index in [-0.39, 0.29) is 12.3 Å². The van der Waals surface area contributed by atoms with E-state index in [1.165, 1.54) is 44.6 Å². The number of rotatable bonds is 31. The summed E-state index contributed by atoms with van der Waals surface area (Å²) in [5.41, 5.74) is 0. The molecule has 0 spiro atoms. The molecule has 0 aromatic carbocycles. The number of allylic oxidation sites excluding steroid dienone is 11. The maximum absolute atomic E-state index is 12.4. The Labute approximate surface area is 283 Å². The van der Waals surface area contributed by atoms with E-state index in [0.717, 1.165) is 83.5 Å². The van der Waals surface area contributed by atoms with E-state index in [9.17, 15) is 22.9 Å². The Hall–Kier alpha value is -2.22. The van der Waals surface area contributed by atoms with Gasteiger partial charge < -0.3 is 10.4 Å². The lowest BCUT2D eigenvalue weighted by atomic mass is 10.0. The van der Waals surface area contributed by atoms with Crippen LogP contribution in [0.1, 0.15) is 149 Å². The van der Waals surface area contributed by atoms with Crippen molar-refractivity contribution >= 4 is 16.0 Å². The molecule has 264 valence electrons. The van der Waals surface area contributed by atoms with Gasteiger partial charge in [-0.1, -0.05) is 151 Å². The van der Waals surface area contributed by atoms with Gasteiger partial charge in [-0.25, -0.2) is 0 Å². The second-order valence-electron chi connectivity index (χ2n) is 12.1. The summed E-state index contributed by atoms with van der Waals surface area (Å²) in [6, 6.07) is -1.08. The first-order chi connectivity index (χ1) is 22.3. The number of hydrogen-bond acceptors (Lipinski definition) is 4. The largest absolute Gasteiger partial charge is 0.387 e. The normalized spacial score (nSPS) is 14.3. The number of aliphatic hydroxyl groups is 1. The molecule has 0 saturated heterocycles. The summed E-state index contributed by atoms with van der Waals surface area (Å²) in [4.78, 5) is 12.4. The van der Waals surface area contributed by atoms with Crippen LogP contribution in [0, 0.1) is 0 Å². The van der Waals surface area contributed by atoms with E-state index in [0.29, 0.717) is 6.42 Å². The van der Waals surface area contributed by atoms with Crippen molar-refractivity contribution in [3.8, 4) is 0 Å². The van der Waals surface area contributed by atoms with Crippen LogP contribution in [0.2, 0.25) is 0 Å². The molecule has 0 radical (unpaired) electrons. The summed E-state index contributed by atoms with van der Waals surface area (Å²) in [6.07, 6.45) is 46.2. The highest BCUT2D eigenvalue weighted by Crippen LogP contribution is 2.13. The Balaban J connectivity index is 3.88. The zero-order valence-electron chi connectivity index (χ0n) is 29.2. The second kappa shape index (κ2) is 32.7. The molecule has 0 aromatic heterocycles. The van der Waals surface area contributed by atoms with Gasteiger partial charge in [0.05, 0.1) is 17.9 Å². The smallest absolute Gasteiger partial charge is 0.267 e. The Morgan fingerprint density at radius 3 is 1.63 bits per heavy atom. The van der Waals surface area contributed by atoms with Gasteiger partial charge in [0.2, 0.25) is 5.91 Å². The minimum atomic E-state index is -4.35. The van der Waals surface area contributed by atoms with Gasteiger partial charge in [0, 0.05) is 6.42 Å². The lowest BCUT2D eigenvalue weighted by Crippen LogP contribution is -2.46. The van der Waals surface area contributed by atoms with Crippen LogP contribution < -0.4 is 5.32 Å². The van der Waals surface area contributed by atoms with Gasteiger partial charge in [0.25, 0.3) is 10.1 Å². The average molecular weight is 662 g/mol. The van der Waals surface area contributed by atoms with Gasteiger partial charge in [0.1, 0.15) is 0 Å². The van der Waals surface area contributed by atoms with E-state index in [4.69, 9.17) is 0 Å². The number of carbonyl (C=O) groups excluding carboxylic acids is 1. The molecule has 2 unspecified atom stereocenters. The maximum atomic E-state index is 12.4. The fourth-order valence-electron chi connectivity index (χ4n) is 4.91. The Morgan fingerprint density at radius 1 is 0.609 bits per heavy atom. The fraction of sp³-hybridized carbons (Fsp3) is 0.667. The van der Waals surface area contributed by atoms with Crippen molar-refractivity contribution in [1.82, 2.24) is 5.32 Å². The Morgan fingerprint density at radius 2 is 1.07 bits per heavy atom. The first-order valence-corrected chi connectivity index (χ1v) is 19.7. The van der Waals surface area contributed by atoms with E-state index in [2.05, 4.69) is 79.9 Å². The summed E-state index contributed by atoms with van der Waals surface area (Å²) < 4.78 is 32.2. The minimum absolute atomic E-state index is 0.278. The Bertz CT molecular complexity index is 994. The number of hydrogen-bond donors (Lipinski definition) is 3. The molecule has 0 aliphatic rings. The SMILES string of the molecule is CC/C=C\C/C=C\C/C=C\C/C=C\CCCCCCCCCCCCC(=O)NC(CS(=O)(=O)O)C(O)/C=C/CC/C=C/CCCC. The maximum Gasteiger partial charge on any atom is 0.267 e.